The molecular weight excluding hydrogens is 292 g/mol. The number of hydrogen-bond donors (Lipinski definition) is 4. The van der Waals surface area contributed by atoms with Crippen molar-refractivity contribution in [2.24, 2.45) is 0 Å². The van der Waals surface area contributed by atoms with Crippen molar-refractivity contribution in [2.45, 2.75) is 63.5 Å². The molecule has 1 fully saturated rings. The number of amides is 2. The number of aliphatic carboxylic acids is 2. The fraction of sp³-hybridized carbons (Fsp3) is 0.714. The molecule has 1 aliphatic carbocycles. The second-order valence-electron chi connectivity index (χ2n) is 5.42. The zero-order chi connectivity index (χ0) is 16.5. The lowest BCUT2D eigenvalue weighted by Crippen LogP contribution is -2.53. The van der Waals surface area contributed by atoms with Crippen LogP contribution in [0, 0.1) is 0 Å². The monoisotopic (exact) mass is 314 g/mol. The van der Waals surface area contributed by atoms with E-state index in [1.54, 1.807) is 0 Å². The Morgan fingerprint density at radius 2 is 1.09 bits per heavy atom. The van der Waals surface area contributed by atoms with Crippen LogP contribution in [0.3, 0.4) is 0 Å². The smallest absolute Gasteiger partial charge is 0.303 e. The van der Waals surface area contributed by atoms with Gasteiger partial charge in [0.25, 0.3) is 0 Å². The van der Waals surface area contributed by atoms with Gasteiger partial charge < -0.3 is 20.8 Å². The van der Waals surface area contributed by atoms with Gasteiger partial charge in [-0.1, -0.05) is 12.8 Å². The number of carboxylic acids is 2. The van der Waals surface area contributed by atoms with Gasteiger partial charge in [0.05, 0.1) is 12.8 Å². The van der Waals surface area contributed by atoms with Crippen LogP contribution in [0.15, 0.2) is 0 Å². The van der Waals surface area contributed by atoms with Gasteiger partial charge in [0.15, 0.2) is 0 Å². The van der Waals surface area contributed by atoms with Crippen LogP contribution >= 0.6 is 0 Å². The number of rotatable bonds is 8. The van der Waals surface area contributed by atoms with E-state index in [2.05, 4.69) is 10.6 Å². The molecule has 124 valence electrons. The average molecular weight is 314 g/mol. The molecule has 1 saturated carbocycles. The maximum atomic E-state index is 11.7. The minimum atomic E-state index is -1.03. The standard InChI is InChI=1S/C14H22N2O6/c17-11(5-7-13(19)20)15-9-3-1-2-4-10(9)16-12(18)6-8-14(21)22/h9-10H,1-8H2,(H,15,17)(H,16,18)(H,19,20)(H,21,22)/t9-,10+. The van der Waals surface area contributed by atoms with Gasteiger partial charge in [-0.2, -0.15) is 0 Å². The first-order valence-corrected chi connectivity index (χ1v) is 7.41. The van der Waals surface area contributed by atoms with Crippen molar-refractivity contribution in [3.63, 3.8) is 0 Å². The van der Waals surface area contributed by atoms with Crippen LogP contribution in [0.2, 0.25) is 0 Å². The Hall–Kier alpha value is -2.12. The molecule has 22 heavy (non-hydrogen) atoms. The summed E-state index contributed by atoms with van der Waals surface area (Å²) < 4.78 is 0. The molecule has 0 saturated heterocycles. The van der Waals surface area contributed by atoms with Crippen molar-refractivity contribution < 1.29 is 29.4 Å². The van der Waals surface area contributed by atoms with Gasteiger partial charge in [0.1, 0.15) is 0 Å². The molecule has 1 rings (SSSR count). The Morgan fingerprint density at radius 1 is 0.727 bits per heavy atom. The summed E-state index contributed by atoms with van der Waals surface area (Å²) in [7, 11) is 0. The van der Waals surface area contributed by atoms with E-state index < -0.39 is 11.9 Å². The number of carbonyl (C=O) groups is 4. The zero-order valence-electron chi connectivity index (χ0n) is 12.3. The summed E-state index contributed by atoms with van der Waals surface area (Å²) in [6.07, 6.45) is 2.63. The lowest BCUT2D eigenvalue weighted by atomic mass is 9.90. The van der Waals surface area contributed by atoms with Crippen LogP contribution in [-0.4, -0.2) is 46.0 Å². The van der Waals surface area contributed by atoms with Gasteiger partial charge in [-0.05, 0) is 12.8 Å². The molecule has 0 unspecified atom stereocenters. The average Bonchev–Trinajstić information content (AvgIpc) is 2.45. The van der Waals surface area contributed by atoms with Crippen molar-refractivity contribution in [3.8, 4) is 0 Å². The first-order valence-electron chi connectivity index (χ1n) is 7.41. The van der Waals surface area contributed by atoms with Gasteiger partial charge in [0, 0.05) is 24.9 Å². The van der Waals surface area contributed by atoms with Crippen molar-refractivity contribution >= 4 is 23.8 Å². The summed E-state index contributed by atoms with van der Waals surface area (Å²) >= 11 is 0. The third-order valence-electron chi connectivity index (χ3n) is 3.59. The van der Waals surface area contributed by atoms with Crippen LogP contribution in [0.25, 0.3) is 0 Å². The molecule has 0 bridgehead atoms. The first-order chi connectivity index (χ1) is 10.4. The third kappa shape index (κ3) is 7.05. The normalized spacial score (nSPS) is 20.9. The van der Waals surface area contributed by atoms with Crippen molar-refractivity contribution in [2.75, 3.05) is 0 Å². The highest BCUT2D eigenvalue weighted by Crippen LogP contribution is 2.19. The van der Waals surface area contributed by atoms with E-state index in [4.69, 9.17) is 10.2 Å². The van der Waals surface area contributed by atoms with Gasteiger partial charge in [0.2, 0.25) is 11.8 Å². The van der Waals surface area contributed by atoms with Crippen molar-refractivity contribution in [1.29, 1.82) is 0 Å². The molecule has 8 nitrogen and oxygen atoms in total. The summed E-state index contributed by atoms with van der Waals surface area (Å²) in [6.45, 7) is 0. The molecule has 4 N–H and O–H groups in total. The molecule has 0 aromatic carbocycles. The number of carboxylic acid groups (broad SMARTS) is 2. The Labute approximate surface area is 128 Å². The van der Waals surface area contributed by atoms with E-state index in [1.807, 2.05) is 0 Å². The Kier molecular flexibility index (Phi) is 7.34. The van der Waals surface area contributed by atoms with Crippen molar-refractivity contribution in [1.82, 2.24) is 10.6 Å². The van der Waals surface area contributed by atoms with E-state index in [9.17, 15) is 19.2 Å². The summed E-state index contributed by atoms with van der Waals surface area (Å²) in [5, 5.41) is 22.6. The minimum Gasteiger partial charge on any atom is -0.481 e. The molecule has 0 aromatic rings. The first kappa shape index (κ1) is 17.9. The molecular formula is C14H22N2O6. The predicted octanol–water partition coefficient (Wildman–Crippen LogP) is 0.260. The molecule has 2 atom stereocenters. The molecule has 0 aromatic heterocycles. The fourth-order valence-corrected chi connectivity index (χ4v) is 2.48. The Morgan fingerprint density at radius 3 is 1.41 bits per heavy atom. The summed E-state index contributed by atoms with van der Waals surface area (Å²) in [5.41, 5.74) is 0. The van der Waals surface area contributed by atoms with Crippen LogP contribution < -0.4 is 10.6 Å². The highest BCUT2D eigenvalue weighted by Gasteiger charge is 2.27. The molecule has 0 radical (unpaired) electrons. The van der Waals surface area contributed by atoms with Crippen molar-refractivity contribution in [3.05, 3.63) is 0 Å². The summed E-state index contributed by atoms with van der Waals surface area (Å²) in [4.78, 5) is 44.3. The van der Waals surface area contributed by atoms with E-state index in [0.717, 1.165) is 12.8 Å². The van der Waals surface area contributed by atoms with E-state index in [-0.39, 0.29) is 49.6 Å². The summed E-state index contributed by atoms with van der Waals surface area (Å²) in [5.74, 6) is -2.76. The van der Waals surface area contributed by atoms with E-state index in [1.165, 1.54) is 0 Å². The van der Waals surface area contributed by atoms with Crippen LogP contribution in [0.5, 0.6) is 0 Å². The third-order valence-corrected chi connectivity index (χ3v) is 3.59. The molecule has 0 spiro atoms. The molecule has 8 heteroatoms. The quantitative estimate of drug-likeness (QED) is 0.508. The SMILES string of the molecule is O=C(O)CCC(=O)N[C@H]1CCCC[C@H]1NC(=O)CCC(=O)O. The van der Waals surface area contributed by atoms with Crippen LogP contribution in [-0.2, 0) is 19.2 Å². The van der Waals surface area contributed by atoms with Gasteiger partial charge in [-0.15, -0.1) is 0 Å². The second kappa shape index (κ2) is 9.01. The predicted molar refractivity (Wildman–Crippen MR) is 76.1 cm³/mol. The van der Waals surface area contributed by atoms with E-state index in [0.29, 0.717) is 12.8 Å². The number of hydrogen-bond acceptors (Lipinski definition) is 4. The maximum absolute atomic E-state index is 11.7. The fourth-order valence-electron chi connectivity index (χ4n) is 2.48. The lowest BCUT2D eigenvalue weighted by Gasteiger charge is -2.32. The minimum absolute atomic E-state index is 0.0918. The molecule has 0 aliphatic heterocycles. The Balaban J connectivity index is 2.45. The number of nitrogens with one attached hydrogen (secondary N) is 2. The molecule has 2 amide bonds. The molecule has 0 heterocycles. The maximum Gasteiger partial charge on any atom is 0.303 e. The van der Waals surface area contributed by atoms with Gasteiger partial charge >= 0.3 is 11.9 Å². The largest absolute Gasteiger partial charge is 0.481 e. The van der Waals surface area contributed by atoms with Gasteiger partial charge in [-0.25, -0.2) is 0 Å². The summed E-state index contributed by atoms with van der Waals surface area (Å²) in [6, 6.07) is -0.465. The van der Waals surface area contributed by atoms with Crippen LogP contribution in [0.1, 0.15) is 51.4 Å². The van der Waals surface area contributed by atoms with Gasteiger partial charge in [-0.3, -0.25) is 19.2 Å². The highest BCUT2D eigenvalue weighted by molar-refractivity contribution is 5.82. The lowest BCUT2D eigenvalue weighted by molar-refractivity contribution is -0.139. The number of carbonyl (C=O) groups excluding carboxylic acids is 2. The second-order valence-corrected chi connectivity index (χ2v) is 5.42. The van der Waals surface area contributed by atoms with E-state index >= 15 is 0 Å². The zero-order valence-corrected chi connectivity index (χ0v) is 12.3. The Bertz CT molecular complexity index is 397. The highest BCUT2D eigenvalue weighted by atomic mass is 16.4. The molecule has 1 aliphatic rings. The van der Waals surface area contributed by atoms with Crippen LogP contribution in [0.4, 0.5) is 0 Å². The topological polar surface area (TPSA) is 133 Å².